The number of rotatable bonds is 9. The van der Waals surface area contributed by atoms with E-state index in [-0.39, 0.29) is 0 Å². The summed E-state index contributed by atoms with van der Waals surface area (Å²) in [6, 6.07) is 7.34. The number of aryl methyl sites for hydroxylation is 2. The van der Waals surface area contributed by atoms with Crippen molar-refractivity contribution >= 4 is 0 Å². The molecule has 1 N–H and O–H groups in total. The largest absolute Gasteiger partial charge is 0.310 e. The van der Waals surface area contributed by atoms with Crippen molar-refractivity contribution in [3.63, 3.8) is 0 Å². The minimum Gasteiger partial charge on any atom is -0.310 e. The van der Waals surface area contributed by atoms with Gasteiger partial charge in [0.2, 0.25) is 0 Å². The lowest BCUT2D eigenvalue weighted by atomic mass is 10.1. The van der Waals surface area contributed by atoms with Gasteiger partial charge in [-0.15, -0.1) is 0 Å². The van der Waals surface area contributed by atoms with Gasteiger partial charge in [-0.1, -0.05) is 32.0 Å². The van der Waals surface area contributed by atoms with Crippen LogP contribution >= 0.6 is 0 Å². The molecule has 0 amide bonds. The fraction of sp³-hybridized carbons (Fsp3) is 0.667. The molecule has 2 nitrogen and oxygen atoms in total. The molecule has 1 aromatic carbocycles. The minimum atomic E-state index is 0.590. The first-order chi connectivity index (χ1) is 9.56. The van der Waals surface area contributed by atoms with Crippen LogP contribution in [-0.2, 0) is 6.54 Å². The Morgan fingerprint density at radius 3 is 2.40 bits per heavy atom. The lowest BCUT2D eigenvalue weighted by molar-refractivity contribution is 0.290. The average molecular weight is 276 g/mol. The molecular formula is C18H32N2. The summed E-state index contributed by atoms with van der Waals surface area (Å²) in [4.78, 5) is 2.50. The van der Waals surface area contributed by atoms with Crippen molar-refractivity contribution in [2.24, 2.45) is 0 Å². The van der Waals surface area contributed by atoms with Crippen molar-refractivity contribution in [3.05, 3.63) is 34.9 Å². The van der Waals surface area contributed by atoms with Gasteiger partial charge in [0.15, 0.2) is 0 Å². The summed E-state index contributed by atoms with van der Waals surface area (Å²) >= 11 is 0. The summed E-state index contributed by atoms with van der Waals surface area (Å²) in [6.07, 6.45) is 2.53. The highest BCUT2D eigenvalue weighted by atomic mass is 15.1. The van der Waals surface area contributed by atoms with Crippen LogP contribution in [0, 0.1) is 13.8 Å². The molecule has 1 aromatic rings. The Morgan fingerprint density at radius 1 is 1.10 bits per heavy atom. The van der Waals surface area contributed by atoms with Crippen LogP contribution in [0.1, 0.15) is 50.3 Å². The molecule has 0 aliphatic rings. The Labute approximate surface area is 125 Å². The molecule has 0 saturated carbocycles. The van der Waals surface area contributed by atoms with Gasteiger partial charge in [-0.2, -0.15) is 0 Å². The molecule has 0 spiro atoms. The molecule has 114 valence electrons. The molecule has 0 fully saturated rings. The molecule has 20 heavy (non-hydrogen) atoms. The molecule has 0 aliphatic heterocycles. The molecule has 0 heterocycles. The third kappa shape index (κ3) is 6.06. The summed E-state index contributed by atoms with van der Waals surface area (Å²) < 4.78 is 0. The summed E-state index contributed by atoms with van der Waals surface area (Å²) in [7, 11) is 0. The van der Waals surface area contributed by atoms with Crippen LogP contribution in [0.25, 0.3) is 0 Å². The van der Waals surface area contributed by atoms with E-state index in [2.05, 4.69) is 63.0 Å². The second-order valence-electron chi connectivity index (χ2n) is 5.87. The van der Waals surface area contributed by atoms with E-state index in [0.717, 1.165) is 6.54 Å². The summed E-state index contributed by atoms with van der Waals surface area (Å²) in [5, 5.41) is 3.64. The summed E-state index contributed by atoms with van der Waals surface area (Å²) in [5.74, 6) is 0. The van der Waals surface area contributed by atoms with E-state index in [1.54, 1.807) is 0 Å². The quantitative estimate of drug-likeness (QED) is 0.736. The van der Waals surface area contributed by atoms with E-state index < -0.39 is 0 Å². The highest BCUT2D eigenvalue weighted by molar-refractivity contribution is 5.29. The number of nitrogens with one attached hydrogen (secondary N) is 1. The third-order valence-electron chi connectivity index (χ3n) is 4.23. The Kier molecular flexibility index (Phi) is 7.86. The van der Waals surface area contributed by atoms with Crippen molar-refractivity contribution in [2.45, 2.75) is 60.0 Å². The average Bonchev–Trinajstić information content (AvgIpc) is 2.45. The number of hydrogen-bond donors (Lipinski definition) is 1. The van der Waals surface area contributed by atoms with Crippen LogP contribution < -0.4 is 5.32 Å². The molecule has 0 radical (unpaired) electrons. The van der Waals surface area contributed by atoms with Crippen LogP contribution in [0.4, 0.5) is 0 Å². The standard InChI is InChI=1S/C18H32N2/c1-6-20(7-2)12-8-9-17(5)19-14-18-11-10-15(3)16(4)13-18/h10-11,13,17,19H,6-9,12,14H2,1-5H3. The zero-order valence-electron chi connectivity index (χ0n) is 14.0. The third-order valence-corrected chi connectivity index (χ3v) is 4.23. The van der Waals surface area contributed by atoms with Gasteiger partial charge >= 0.3 is 0 Å². The molecule has 0 saturated heterocycles. The van der Waals surface area contributed by atoms with Gasteiger partial charge in [0, 0.05) is 12.6 Å². The van der Waals surface area contributed by atoms with Crippen LogP contribution in [0.15, 0.2) is 18.2 Å². The Bertz CT molecular complexity index is 383. The molecule has 2 heteroatoms. The van der Waals surface area contributed by atoms with Gasteiger partial charge < -0.3 is 10.2 Å². The predicted octanol–water partition coefficient (Wildman–Crippen LogP) is 3.90. The predicted molar refractivity (Wildman–Crippen MR) is 89.2 cm³/mol. The second-order valence-corrected chi connectivity index (χ2v) is 5.87. The Morgan fingerprint density at radius 2 is 1.80 bits per heavy atom. The maximum absolute atomic E-state index is 3.64. The normalized spacial score (nSPS) is 12.9. The number of hydrogen-bond acceptors (Lipinski definition) is 2. The highest BCUT2D eigenvalue weighted by Crippen LogP contribution is 2.10. The second kappa shape index (κ2) is 9.15. The molecular weight excluding hydrogens is 244 g/mol. The molecule has 0 aliphatic carbocycles. The van der Waals surface area contributed by atoms with Gasteiger partial charge in [-0.25, -0.2) is 0 Å². The molecule has 1 atom stereocenters. The molecule has 1 rings (SSSR count). The van der Waals surface area contributed by atoms with Gasteiger partial charge in [0.1, 0.15) is 0 Å². The number of nitrogens with zero attached hydrogens (tertiary/aromatic N) is 1. The smallest absolute Gasteiger partial charge is 0.0208 e. The van der Waals surface area contributed by atoms with Gasteiger partial charge in [-0.3, -0.25) is 0 Å². The maximum atomic E-state index is 3.64. The Balaban J connectivity index is 2.25. The van der Waals surface area contributed by atoms with E-state index in [0.29, 0.717) is 6.04 Å². The van der Waals surface area contributed by atoms with Gasteiger partial charge in [0.25, 0.3) is 0 Å². The summed E-state index contributed by atoms with van der Waals surface area (Å²) in [5.41, 5.74) is 4.16. The SMILES string of the molecule is CCN(CC)CCCC(C)NCc1ccc(C)c(C)c1. The lowest BCUT2D eigenvalue weighted by Gasteiger charge is -2.20. The van der Waals surface area contributed by atoms with E-state index in [9.17, 15) is 0 Å². The van der Waals surface area contributed by atoms with Crippen LogP contribution in [0.3, 0.4) is 0 Å². The van der Waals surface area contributed by atoms with E-state index >= 15 is 0 Å². The van der Waals surface area contributed by atoms with Crippen molar-refractivity contribution < 1.29 is 0 Å². The van der Waals surface area contributed by atoms with Gasteiger partial charge in [-0.05, 0) is 69.9 Å². The Hall–Kier alpha value is -0.860. The minimum absolute atomic E-state index is 0.590. The fourth-order valence-corrected chi connectivity index (χ4v) is 2.47. The fourth-order valence-electron chi connectivity index (χ4n) is 2.47. The topological polar surface area (TPSA) is 15.3 Å². The summed E-state index contributed by atoms with van der Waals surface area (Å²) in [6.45, 7) is 15.7. The van der Waals surface area contributed by atoms with E-state index in [1.807, 2.05) is 0 Å². The van der Waals surface area contributed by atoms with Gasteiger partial charge in [0.05, 0.1) is 0 Å². The molecule has 0 bridgehead atoms. The molecule has 1 unspecified atom stereocenters. The highest BCUT2D eigenvalue weighted by Gasteiger charge is 2.04. The first-order valence-corrected chi connectivity index (χ1v) is 8.08. The van der Waals surface area contributed by atoms with Crippen LogP contribution in [0.5, 0.6) is 0 Å². The van der Waals surface area contributed by atoms with Crippen molar-refractivity contribution in [1.82, 2.24) is 10.2 Å². The maximum Gasteiger partial charge on any atom is 0.0208 e. The zero-order valence-corrected chi connectivity index (χ0v) is 14.0. The van der Waals surface area contributed by atoms with Crippen LogP contribution in [-0.4, -0.2) is 30.6 Å². The monoisotopic (exact) mass is 276 g/mol. The van der Waals surface area contributed by atoms with Crippen molar-refractivity contribution in [3.8, 4) is 0 Å². The first-order valence-electron chi connectivity index (χ1n) is 8.08. The first kappa shape index (κ1) is 17.2. The molecule has 0 aromatic heterocycles. The van der Waals surface area contributed by atoms with E-state index in [4.69, 9.17) is 0 Å². The van der Waals surface area contributed by atoms with Crippen LogP contribution in [0.2, 0.25) is 0 Å². The van der Waals surface area contributed by atoms with Crippen molar-refractivity contribution in [1.29, 1.82) is 0 Å². The lowest BCUT2D eigenvalue weighted by Crippen LogP contribution is -2.28. The number of benzene rings is 1. The zero-order chi connectivity index (χ0) is 15.0. The van der Waals surface area contributed by atoms with Crippen molar-refractivity contribution in [2.75, 3.05) is 19.6 Å². The van der Waals surface area contributed by atoms with E-state index in [1.165, 1.54) is 49.2 Å².